The second-order valence-corrected chi connectivity index (χ2v) is 8.26. The third-order valence-electron chi connectivity index (χ3n) is 3.24. The third kappa shape index (κ3) is 11.2. The highest BCUT2D eigenvalue weighted by molar-refractivity contribution is 14.0. The number of benzene rings is 1. The van der Waals surface area contributed by atoms with Gasteiger partial charge >= 0.3 is 0 Å². The molecule has 0 atom stereocenters. The first kappa shape index (κ1) is 25.7. The second-order valence-electron chi connectivity index (χ2n) is 6.51. The molecule has 0 aliphatic rings. The number of para-hydroxylation sites is 1. The molecule has 0 bridgehead atoms. The summed E-state index contributed by atoms with van der Waals surface area (Å²) in [5.74, 6) is 1.38. The summed E-state index contributed by atoms with van der Waals surface area (Å²) < 4.78 is 31.1. The molecule has 0 aromatic heterocycles. The molecule has 1 rings (SSSR count). The van der Waals surface area contributed by atoms with Gasteiger partial charge in [-0.3, -0.25) is 0 Å². The molecule has 0 heterocycles. The fourth-order valence-electron chi connectivity index (χ4n) is 2.27. The normalized spacial score (nSPS) is 12.1. The SMILES string of the molecule is C=CCOc1ccccc1CN=C(NCC)NCC(C)(C)NS(C)(=O)=O.I. The van der Waals surface area contributed by atoms with E-state index in [0.29, 0.717) is 32.2 Å². The lowest BCUT2D eigenvalue weighted by Gasteiger charge is -2.26. The standard InChI is InChI=1S/C18H30N4O3S.HI/c1-6-12-25-16-11-9-8-10-15(16)13-20-17(19-7-2)21-14-18(3,4)22-26(5,23)24;/h6,8-11,22H,1,7,12-14H2,2-5H3,(H2,19,20,21);1H. The molecule has 0 saturated heterocycles. The maximum absolute atomic E-state index is 11.4. The van der Waals surface area contributed by atoms with Crippen molar-refractivity contribution in [2.75, 3.05) is 26.0 Å². The predicted molar refractivity (Wildman–Crippen MR) is 122 cm³/mol. The van der Waals surface area contributed by atoms with Gasteiger partial charge in [0.15, 0.2) is 5.96 Å². The zero-order chi connectivity index (χ0) is 19.6. The number of aliphatic imine (C=N–C) groups is 1. The van der Waals surface area contributed by atoms with Crippen molar-refractivity contribution in [2.24, 2.45) is 4.99 Å². The maximum Gasteiger partial charge on any atom is 0.209 e. The zero-order valence-corrected chi connectivity index (χ0v) is 19.6. The number of nitrogens with one attached hydrogen (secondary N) is 3. The highest BCUT2D eigenvalue weighted by Gasteiger charge is 2.22. The highest BCUT2D eigenvalue weighted by Crippen LogP contribution is 2.18. The van der Waals surface area contributed by atoms with Crippen LogP contribution in [0.15, 0.2) is 41.9 Å². The molecule has 0 unspecified atom stereocenters. The van der Waals surface area contributed by atoms with Crippen molar-refractivity contribution in [2.45, 2.75) is 32.9 Å². The van der Waals surface area contributed by atoms with Crippen LogP contribution < -0.4 is 20.1 Å². The quantitative estimate of drug-likeness (QED) is 0.195. The van der Waals surface area contributed by atoms with E-state index in [9.17, 15) is 8.42 Å². The fourth-order valence-corrected chi connectivity index (χ4v) is 3.35. The Morgan fingerprint density at radius 3 is 2.56 bits per heavy atom. The van der Waals surface area contributed by atoms with E-state index in [1.807, 2.05) is 45.0 Å². The first-order valence-corrected chi connectivity index (χ1v) is 10.4. The van der Waals surface area contributed by atoms with Gasteiger partial charge in [0.25, 0.3) is 0 Å². The van der Waals surface area contributed by atoms with Crippen LogP contribution in [0.2, 0.25) is 0 Å². The molecule has 3 N–H and O–H groups in total. The number of hydrogen-bond donors (Lipinski definition) is 3. The molecule has 154 valence electrons. The average molecular weight is 510 g/mol. The number of guanidine groups is 1. The van der Waals surface area contributed by atoms with Crippen LogP contribution >= 0.6 is 24.0 Å². The maximum atomic E-state index is 11.4. The number of nitrogens with zero attached hydrogens (tertiary/aromatic N) is 1. The summed E-state index contributed by atoms with van der Waals surface area (Å²) in [6.07, 6.45) is 2.84. The molecule has 1 aromatic carbocycles. The van der Waals surface area contributed by atoms with Crippen molar-refractivity contribution in [3.05, 3.63) is 42.5 Å². The van der Waals surface area contributed by atoms with Crippen LogP contribution in [0.4, 0.5) is 0 Å². The first-order chi connectivity index (χ1) is 12.2. The van der Waals surface area contributed by atoms with E-state index in [2.05, 4.69) is 26.9 Å². The predicted octanol–water partition coefficient (Wildman–Crippen LogP) is 2.25. The monoisotopic (exact) mass is 510 g/mol. The van der Waals surface area contributed by atoms with Gasteiger partial charge in [-0.25, -0.2) is 18.1 Å². The van der Waals surface area contributed by atoms with Gasteiger partial charge in [0.1, 0.15) is 12.4 Å². The minimum absolute atomic E-state index is 0. The van der Waals surface area contributed by atoms with Crippen LogP contribution in [-0.4, -0.2) is 45.9 Å². The van der Waals surface area contributed by atoms with Crippen molar-refractivity contribution in [1.29, 1.82) is 0 Å². The van der Waals surface area contributed by atoms with Crippen LogP contribution in [0.3, 0.4) is 0 Å². The van der Waals surface area contributed by atoms with Gasteiger partial charge in [0.05, 0.1) is 12.8 Å². The number of halogens is 1. The molecule has 0 spiro atoms. The lowest BCUT2D eigenvalue weighted by Crippen LogP contribution is -2.53. The van der Waals surface area contributed by atoms with E-state index in [-0.39, 0.29) is 24.0 Å². The van der Waals surface area contributed by atoms with Crippen molar-refractivity contribution in [3.63, 3.8) is 0 Å². The van der Waals surface area contributed by atoms with Crippen molar-refractivity contribution in [1.82, 2.24) is 15.4 Å². The summed E-state index contributed by atoms with van der Waals surface area (Å²) in [5, 5.41) is 6.33. The van der Waals surface area contributed by atoms with Gasteiger partial charge in [0, 0.05) is 24.2 Å². The van der Waals surface area contributed by atoms with Gasteiger partial charge in [-0.2, -0.15) is 0 Å². The molecule has 27 heavy (non-hydrogen) atoms. The van der Waals surface area contributed by atoms with Gasteiger partial charge in [-0.15, -0.1) is 24.0 Å². The Balaban J connectivity index is 0.00000676. The number of hydrogen-bond acceptors (Lipinski definition) is 4. The molecule has 0 amide bonds. The molecule has 0 fully saturated rings. The van der Waals surface area contributed by atoms with Crippen LogP contribution in [-0.2, 0) is 16.6 Å². The first-order valence-electron chi connectivity index (χ1n) is 8.49. The van der Waals surface area contributed by atoms with Crippen LogP contribution in [0.5, 0.6) is 5.75 Å². The van der Waals surface area contributed by atoms with E-state index >= 15 is 0 Å². The van der Waals surface area contributed by atoms with Crippen LogP contribution in [0, 0.1) is 0 Å². The van der Waals surface area contributed by atoms with Crippen molar-refractivity contribution in [3.8, 4) is 5.75 Å². The Labute approximate surface area is 180 Å². The van der Waals surface area contributed by atoms with E-state index in [1.165, 1.54) is 0 Å². The lowest BCUT2D eigenvalue weighted by atomic mass is 10.1. The average Bonchev–Trinajstić information content (AvgIpc) is 2.54. The fraction of sp³-hybridized carbons (Fsp3) is 0.500. The molecular formula is C18H31IN4O3S. The summed E-state index contributed by atoms with van der Waals surface area (Å²) in [6.45, 7) is 11.2. The summed E-state index contributed by atoms with van der Waals surface area (Å²) in [5.41, 5.74) is 0.314. The van der Waals surface area contributed by atoms with E-state index in [4.69, 9.17) is 4.74 Å². The summed E-state index contributed by atoms with van der Waals surface area (Å²) in [7, 11) is -3.29. The van der Waals surface area contributed by atoms with Gasteiger partial charge in [0.2, 0.25) is 10.0 Å². The highest BCUT2D eigenvalue weighted by atomic mass is 127. The number of sulfonamides is 1. The van der Waals surface area contributed by atoms with Gasteiger partial charge < -0.3 is 15.4 Å². The molecule has 9 heteroatoms. The summed E-state index contributed by atoms with van der Waals surface area (Å²) >= 11 is 0. The van der Waals surface area contributed by atoms with Gasteiger partial charge in [-0.1, -0.05) is 30.9 Å². The molecule has 0 radical (unpaired) electrons. The van der Waals surface area contributed by atoms with Crippen LogP contribution in [0.25, 0.3) is 0 Å². The molecular weight excluding hydrogens is 479 g/mol. The van der Waals surface area contributed by atoms with E-state index in [1.54, 1.807) is 6.08 Å². The van der Waals surface area contributed by atoms with Crippen molar-refractivity contribution >= 4 is 40.0 Å². The smallest absolute Gasteiger partial charge is 0.209 e. The Morgan fingerprint density at radius 2 is 1.96 bits per heavy atom. The third-order valence-corrected chi connectivity index (χ3v) is 4.16. The summed E-state index contributed by atoms with van der Waals surface area (Å²) in [4.78, 5) is 4.56. The molecule has 0 saturated carbocycles. The van der Waals surface area contributed by atoms with Crippen molar-refractivity contribution < 1.29 is 13.2 Å². The molecule has 1 aromatic rings. The second kappa shape index (κ2) is 12.2. The number of ether oxygens (including phenoxy) is 1. The molecule has 0 aliphatic heterocycles. The largest absolute Gasteiger partial charge is 0.489 e. The molecule has 0 aliphatic carbocycles. The zero-order valence-electron chi connectivity index (χ0n) is 16.4. The van der Waals surface area contributed by atoms with E-state index < -0.39 is 15.6 Å². The Bertz CT molecular complexity index is 721. The lowest BCUT2D eigenvalue weighted by molar-refractivity contribution is 0.359. The number of rotatable bonds is 10. The minimum Gasteiger partial charge on any atom is -0.489 e. The van der Waals surface area contributed by atoms with Gasteiger partial charge in [-0.05, 0) is 26.8 Å². The Hall–Kier alpha value is -1.33. The topological polar surface area (TPSA) is 91.8 Å². The minimum atomic E-state index is -3.29. The Kier molecular flexibility index (Phi) is 11.6. The molecule has 7 nitrogen and oxygen atoms in total. The van der Waals surface area contributed by atoms with E-state index in [0.717, 1.165) is 17.6 Å². The van der Waals surface area contributed by atoms with Crippen LogP contribution in [0.1, 0.15) is 26.3 Å². The Morgan fingerprint density at radius 1 is 1.30 bits per heavy atom. The summed E-state index contributed by atoms with van der Waals surface area (Å²) in [6, 6.07) is 7.70.